The Bertz CT molecular complexity index is 796. The van der Waals surface area contributed by atoms with Crippen LogP contribution in [0.5, 0.6) is 0 Å². The fourth-order valence-electron chi connectivity index (χ4n) is 3.30. The monoisotopic (exact) mass is 364 g/mol. The second kappa shape index (κ2) is 7.95. The van der Waals surface area contributed by atoms with Crippen LogP contribution in [0.1, 0.15) is 66.3 Å². The molecule has 142 valence electrons. The minimum absolute atomic E-state index is 0.0550. The van der Waals surface area contributed by atoms with E-state index in [4.69, 9.17) is 0 Å². The smallest absolute Gasteiger partial charge is 0.255 e. The first kappa shape index (κ1) is 19.2. The number of anilines is 1. The molecule has 0 bridgehead atoms. The van der Waals surface area contributed by atoms with Gasteiger partial charge in [0.15, 0.2) is 0 Å². The third kappa shape index (κ3) is 4.76. The van der Waals surface area contributed by atoms with E-state index in [-0.39, 0.29) is 17.2 Å². The van der Waals surface area contributed by atoms with Crippen molar-refractivity contribution >= 4 is 17.5 Å². The number of carbonyl (C=O) groups is 2. The summed E-state index contributed by atoms with van der Waals surface area (Å²) in [6, 6.07) is 14.8. The van der Waals surface area contributed by atoms with Gasteiger partial charge in [0.2, 0.25) is 0 Å². The zero-order valence-corrected chi connectivity index (χ0v) is 16.4. The summed E-state index contributed by atoms with van der Waals surface area (Å²) in [7, 11) is 0. The summed E-state index contributed by atoms with van der Waals surface area (Å²) in [5.41, 5.74) is 3.26. The van der Waals surface area contributed by atoms with Gasteiger partial charge in [0.1, 0.15) is 0 Å². The van der Waals surface area contributed by atoms with Gasteiger partial charge in [-0.3, -0.25) is 9.59 Å². The number of rotatable bonds is 3. The number of amides is 2. The van der Waals surface area contributed by atoms with Crippen molar-refractivity contribution in [1.29, 1.82) is 0 Å². The lowest BCUT2D eigenvalue weighted by Gasteiger charge is -2.26. The third-order valence-electron chi connectivity index (χ3n) is 5.05. The minimum atomic E-state index is -0.171. The zero-order valence-electron chi connectivity index (χ0n) is 16.4. The van der Waals surface area contributed by atoms with Gasteiger partial charge in [-0.15, -0.1) is 0 Å². The lowest BCUT2D eigenvalue weighted by Crippen LogP contribution is -2.35. The highest BCUT2D eigenvalue weighted by Gasteiger charge is 2.18. The highest BCUT2D eigenvalue weighted by Crippen LogP contribution is 2.23. The van der Waals surface area contributed by atoms with Gasteiger partial charge < -0.3 is 10.2 Å². The van der Waals surface area contributed by atoms with E-state index in [0.717, 1.165) is 31.6 Å². The van der Waals surface area contributed by atoms with Gasteiger partial charge in [-0.25, -0.2) is 0 Å². The van der Waals surface area contributed by atoms with Crippen molar-refractivity contribution in [3.63, 3.8) is 0 Å². The second-order valence-corrected chi connectivity index (χ2v) is 8.21. The van der Waals surface area contributed by atoms with Gasteiger partial charge in [0.25, 0.3) is 11.8 Å². The maximum Gasteiger partial charge on any atom is 0.255 e. The average Bonchev–Trinajstić information content (AvgIpc) is 2.68. The Morgan fingerprint density at radius 1 is 0.815 bits per heavy atom. The van der Waals surface area contributed by atoms with Crippen LogP contribution >= 0.6 is 0 Å². The molecule has 0 spiro atoms. The molecule has 2 aromatic carbocycles. The predicted molar refractivity (Wildman–Crippen MR) is 109 cm³/mol. The van der Waals surface area contributed by atoms with Crippen LogP contribution in [0, 0.1) is 0 Å². The maximum absolute atomic E-state index is 12.5. The van der Waals surface area contributed by atoms with E-state index in [9.17, 15) is 9.59 Å². The fourth-order valence-corrected chi connectivity index (χ4v) is 3.30. The summed E-state index contributed by atoms with van der Waals surface area (Å²) in [4.78, 5) is 26.9. The van der Waals surface area contributed by atoms with Crippen molar-refractivity contribution in [2.45, 2.75) is 45.4 Å². The summed E-state index contributed by atoms with van der Waals surface area (Å²) >= 11 is 0. The van der Waals surface area contributed by atoms with Gasteiger partial charge in [-0.1, -0.05) is 32.9 Å². The van der Waals surface area contributed by atoms with Gasteiger partial charge in [0.05, 0.1) is 0 Å². The molecule has 0 aliphatic carbocycles. The Balaban J connectivity index is 1.64. The molecule has 3 rings (SSSR count). The van der Waals surface area contributed by atoms with Crippen LogP contribution in [-0.2, 0) is 5.41 Å². The van der Waals surface area contributed by atoms with Crippen LogP contribution in [0.15, 0.2) is 48.5 Å². The van der Waals surface area contributed by atoms with E-state index in [1.54, 1.807) is 24.3 Å². The molecule has 0 aromatic heterocycles. The molecule has 1 N–H and O–H groups in total. The lowest BCUT2D eigenvalue weighted by molar-refractivity contribution is 0.0724. The Hall–Kier alpha value is -2.62. The third-order valence-corrected chi connectivity index (χ3v) is 5.05. The van der Waals surface area contributed by atoms with E-state index < -0.39 is 0 Å². The SMILES string of the molecule is CC(C)(C)c1ccc(NC(=O)c2ccc(C(=O)N3CCCCC3)cc2)cc1. The highest BCUT2D eigenvalue weighted by atomic mass is 16.2. The number of carbonyl (C=O) groups excluding carboxylic acids is 2. The molecule has 1 saturated heterocycles. The topological polar surface area (TPSA) is 49.4 Å². The molecular formula is C23H28N2O2. The van der Waals surface area contributed by atoms with Crippen LogP contribution in [0.3, 0.4) is 0 Å². The van der Waals surface area contributed by atoms with Crippen molar-refractivity contribution in [3.8, 4) is 0 Å². The Kier molecular flexibility index (Phi) is 5.64. The molecule has 27 heavy (non-hydrogen) atoms. The summed E-state index contributed by atoms with van der Waals surface area (Å²) in [5, 5.41) is 2.91. The quantitative estimate of drug-likeness (QED) is 0.845. The molecule has 0 unspecified atom stereocenters. The average molecular weight is 364 g/mol. The van der Waals surface area contributed by atoms with Crippen LogP contribution in [-0.4, -0.2) is 29.8 Å². The number of piperidine rings is 1. The number of nitrogens with zero attached hydrogens (tertiary/aromatic N) is 1. The highest BCUT2D eigenvalue weighted by molar-refractivity contribution is 6.05. The normalized spacial score (nSPS) is 14.7. The molecule has 4 nitrogen and oxygen atoms in total. The van der Waals surface area contributed by atoms with Crippen molar-refractivity contribution in [1.82, 2.24) is 4.90 Å². The zero-order chi connectivity index (χ0) is 19.4. The first-order valence-corrected chi connectivity index (χ1v) is 9.66. The van der Waals surface area contributed by atoms with Crippen LogP contribution in [0.2, 0.25) is 0 Å². The Morgan fingerprint density at radius 2 is 1.37 bits per heavy atom. The number of hydrogen-bond acceptors (Lipinski definition) is 2. The van der Waals surface area contributed by atoms with Crippen LogP contribution < -0.4 is 5.32 Å². The Morgan fingerprint density at radius 3 is 1.93 bits per heavy atom. The molecule has 1 aliphatic rings. The van der Waals surface area contributed by atoms with E-state index in [2.05, 4.69) is 26.1 Å². The molecule has 0 radical (unpaired) electrons. The molecule has 1 fully saturated rings. The first-order valence-electron chi connectivity index (χ1n) is 9.66. The van der Waals surface area contributed by atoms with E-state index in [0.29, 0.717) is 11.1 Å². The van der Waals surface area contributed by atoms with Gasteiger partial charge in [0, 0.05) is 29.9 Å². The molecule has 0 saturated carbocycles. The minimum Gasteiger partial charge on any atom is -0.339 e. The Labute approximate surface area is 161 Å². The number of nitrogens with one attached hydrogen (secondary N) is 1. The molecule has 1 aliphatic heterocycles. The van der Waals surface area contributed by atoms with E-state index in [1.807, 2.05) is 29.2 Å². The maximum atomic E-state index is 12.5. The summed E-state index contributed by atoms with van der Waals surface area (Å²) in [5.74, 6) is -0.116. The van der Waals surface area contributed by atoms with Crippen molar-refractivity contribution in [3.05, 3.63) is 65.2 Å². The van der Waals surface area contributed by atoms with Crippen molar-refractivity contribution in [2.24, 2.45) is 0 Å². The molecular weight excluding hydrogens is 336 g/mol. The van der Waals surface area contributed by atoms with Crippen LogP contribution in [0.25, 0.3) is 0 Å². The van der Waals surface area contributed by atoms with Crippen molar-refractivity contribution < 1.29 is 9.59 Å². The summed E-state index contributed by atoms with van der Waals surface area (Å²) < 4.78 is 0. The molecule has 1 heterocycles. The number of likely N-dealkylation sites (tertiary alicyclic amines) is 1. The van der Waals surface area contributed by atoms with Crippen LogP contribution in [0.4, 0.5) is 5.69 Å². The van der Waals surface area contributed by atoms with Gasteiger partial charge >= 0.3 is 0 Å². The summed E-state index contributed by atoms with van der Waals surface area (Å²) in [6.07, 6.45) is 3.33. The van der Waals surface area contributed by atoms with E-state index >= 15 is 0 Å². The van der Waals surface area contributed by atoms with Gasteiger partial charge in [-0.2, -0.15) is 0 Å². The number of benzene rings is 2. The predicted octanol–water partition coefficient (Wildman–Crippen LogP) is 4.86. The van der Waals surface area contributed by atoms with Gasteiger partial charge in [-0.05, 0) is 66.6 Å². The van der Waals surface area contributed by atoms with Crippen molar-refractivity contribution in [2.75, 3.05) is 18.4 Å². The molecule has 4 heteroatoms. The second-order valence-electron chi connectivity index (χ2n) is 8.21. The van der Waals surface area contributed by atoms with E-state index in [1.165, 1.54) is 12.0 Å². The largest absolute Gasteiger partial charge is 0.339 e. The number of hydrogen-bond donors (Lipinski definition) is 1. The molecule has 0 atom stereocenters. The first-order chi connectivity index (χ1) is 12.8. The molecule has 2 amide bonds. The lowest BCUT2D eigenvalue weighted by atomic mass is 9.87. The molecule has 2 aromatic rings. The fraction of sp³-hybridized carbons (Fsp3) is 0.391. The standard InChI is InChI=1S/C23H28N2O2/c1-23(2,3)19-11-13-20(14-12-19)24-21(26)17-7-9-18(10-8-17)22(27)25-15-5-4-6-16-25/h7-14H,4-6,15-16H2,1-3H3,(H,24,26). The summed E-state index contributed by atoms with van der Waals surface area (Å²) in [6.45, 7) is 8.13.